The van der Waals surface area contributed by atoms with Gasteiger partial charge in [0.25, 0.3) is 0 Å². The highest BCUT2D eigenvalue weighted by Gasteiger charge is 2.20. The summed E-state index contributed by atoms with van der Waals surface area (Å²) >= 11 is 0. The molecule has 0 saturated carbocycles. The Labute approximate surface area is 488 Å². The van der Waals surface area contributed by atoms with Crippen molar-refractivity contribution in [3.05, 3.63) is 24.3 Å². The van der Waals surface area contributed by atoms with E-state index in [0.29, 0.717) is 25.9 Å². The lowest BCUT2D eigenvalue weighted by atomic mass is 10.0. The number of carbonyl (C=O) groups excluding carboxylic acids is 2. The Morgan fingerprint density at radius 1 is 0.359 bits per heavy atom. The lowest BCUT2D eigenvalue weighted by Gasteiger charge is -2.22. The van der Waals surface area contributed by atoms with E-state index in [4.69, 9.17) is 4.74 Å². The first-order chi connectivity index (χ1) is 38.5. The maximum Gasteiger partial charge on any atom is 0.305 e. The Kier molecular flexibility index (Phi) is 66.4. The van der Waals surface area contributed by atoms with Gasteiger partial charge in [0.05, 0.1) is 25.4 Å². The average molecular weight is 1100 g/mol. The number of amides is 1. The topological polar surface area (TPSA) is 95.9 Å². The van der Waals surface area contributed by atoms with Crippen LogP contribution in [0.25, 0.3) is 0 Å². The number of nitrogens with one attached hydrogen (secondary N) is 1. The summed E-state index contributed by atoms with van der Waals surface area (Å²) in [6, 6.07) is -0.534. The number of hydrogen-bond donors (Lipinski definition) is 3. The van der Waals surface area contributed by atoms with Crippen LogP contribution in [-0.2, 0) is 14.3 Å². The highest BCUT2D eigenvalue weighted by atomic mass is 16.5. The molecule has 0 aromatic heterocycles. The van der Waals surface area contributed by atoms with Crippen molar-refractivity contribution in [2.45, 2.75) is 411 Å². The van der Waals surface area contributed by atoms with Crippen molar-refractivity contribution < 1.29 is 24.5 Å². The second-order valence-corrected chi connectivity index (χ2v) is 24.6. The monoisotopic (exact) mass is 1100 g/mol. The first-order valence-corrected chi connectivity index (χ1v) is 35.6. The van der Waals surface area contributed by atoms with E-state index >= 15 is 0 Å². The van der Waals surface area contributed by atoms with Crippen molar-refractivity contribution in [2.75, 3.05) is 13.2 Å². The molecule has 2 atom stereocenters. The number of carbonyl (C=O) groups is 2. The minimum Gasteiger partial charge on any atom is -0.466 e. The molecule has 78 heavy (non-hydrogen) atoms. The molecule has 0 aromatic rings. The molecule has 1 amide bonds. The average Bonchev–Trinajstić information content (AvgIpc) is 3.44. The van der Waals surface area contributed by atoms with Crippen LogP contribution in [0.15, 0.2) is 24.3 Å². The quantitative estimate of drug-likeness (QED) is 0.0320. The summed E-state index contributed by atoms with van der Waals surface area (Å²) in [6.07, 6.45) is 85.5. The Morgan fingerprint density at radius 3 is 1.01 bits per heavy atom. The van der Waals surface area contributed by atoms with E-state index in [-0.39, 0.29) is 18.5 Å². The SMILES string of the molecule is CCCC/C=C\C/C=C\CCCCCCCC(=O)OCCCCCCCCCCCCCCCCCCCCCCCCCCCCCCCCCCCCCCCC(=O)NC(CO)C(O)CCCCCCCCCCCC. The molecule has 0 fully saturated rings. The van der Waals surface area contributed by atoms with Crippen molar-refractivity contribution >= 4 is 11.9 Å². The van der Waals surface area contributed by atoms with Crippen LogP contribution in [0.4, 0.5) is 0 Å². The summed E-state index contributed by atoms with van der Waals surface area (Å²) in [4.78, 5) is 24.5. The molecule has 6 nitrogen and oxygen atoms in total. The number of esters is 1. The predicted molar refractivity (Wildman–Crippen MR) is 343 cm³/mol. The van der Waals surface area contributed by atoms with Crippen LogP contribution in [0.5, 0.6) is 0 Å². The standard InChI is InChI=1S/C72H139NO5/c1-3-5-7-9-11-13-15-16-43-46-50-54-58-62-66-72(77)78-67-63-59-55-51-47-44-41-39-37-35-33-31-29-27-25-23-21-19-17-18-20-22-24-26-28-30-32-34-36-38-40-42-45-49-53-57-61-65-71(76)73-69(68-74)70(75)64-60-56-52-48-14-12-10-8-6-4-2/h9,11,15-16,69-70,74-75H,3-8,10,12-14,17-68H2,1-2H3,(H,73,76)/b11-9-,16-15-. The third-order valence-electron chi connectivity index (χ3n) is 16.8. The van der Waals surface area contributed by atoms with Gasteiger partial charge in [0, 0.05) is 12.8 Å². The molecule has 0 saturated heterocycles. The number of hydrogen-bond acceptors (Lipinski definition) is 5. The summed E-state index contributed by atoms with van der Waals surface area (Å²) in [7, 11) is 0. The second kappa shape index (κ2) is 67.8. The van der Waals surface area contributed by atoms with Gasteiger partial charge >= 0.3 is 5.97 Å². The number of allylic oxidation sites excluding steroid dienone is 4. The van der Waals surface area contributed by atoms with Crippen molar-refractivity contribution in [2.24, 2.45) is 0 Å². The molecule has 0 aliphatic rings. The molecule has 0 spiro atoms. The van der Waals surface area contributed by atoms with E-state index in [9.17, 15) is 19.8 Å². The van der Waals surface area contributed by atoms with E-state index in [2.05, 4.69) is 43.5 Å². The fraction of sp³-hybridized carbons (Fsp3) is 0.917. The number of unbranched alkanes of at least 4 members (excludes halogenated alkanes) is 52. The molecule has 0 bridgehead atoms. The van der Waals surface area contributed by atoms with Gasteiger partial charge < -0.3 is 20.3 Å². The van der Waals surface area contributed by atoms with E-state index in [1.807, 2.05) is 0 Å². The summed E-state index contributed by atoms with van der Waals surface area (Å²) in [6.45, 7) is 4.92. The van der Waals surface area contributed by atoms with Crippen molar-refractivity contribution in [1.82, 2.24) is 5.32 Å². The molecule has 3 N–H and O–H groups in total. The number of aliphatic hydroxyl groups is 2. The summed E-state index contributed by atoms with van der Waals surface area (Å²) in [5.41, 5.74) is 0. The summed E-state index contributed by atoms with van der Waals surface area (Å²) < 4.78 is 5.49. The maximum atomic E-state index is 12.4. The third-order valence-corrected chi connectivity index (χ3v) is 16.8. The Bertz CT molecular complexity index is 1220. The smallest absolute Gasteiger partial charge is 0.305 e. The van der Waals surface area contributed by atoms with Crippen LogP contribution in [0, 0.1) is 0 Å². The molecular weight excluding hydrogens is 959 g/mol. The number of aliphatic hydroxyl groups excluding tert-OH is 2. The molecule has 0 rings (SSSR count). The molecule has 0 aliphatic heterocycles. The number of rotatable bonds is 67. The Morgan fingerprint density at radius 2 is 0.654 bits per heavy atom. The van der Waals surface area contributed by atoms with Gasteiger partial charge in [-0.3, -0.25) is 9.59 Å². The van der Waals surface area contributed by atoms with Gasteiger partial charge in [-0.2, -0.15) is 0 Å². The van der Waals surface area contributed by atoms with E-state index in [1.54, 1.807) is 0 Å². The first-order valence-electron chi connectivity index (χ1n) is 35.6. The molecule has 0 aliphatic carbocycles. The van der Waals surface area contributed by atoms with Crippen LogP contribution in [-0.4, -0.2) is 47.4 Å². The second-order valence-electron chi connectivity index (χ2n) is 24.6. The fourth-order valence-electron chi connectivity index (χ4n) is 11.3. The van der Waals surface area contributed by atoms with Crippen LogP contribution < -0.4 is 5.32 Å². The zero-order valence-corrected chi connectivity index (χ0v) is 52.9. The first kappa shape index (κ1) is 76.3. The van der Waals surface area contributed by atoms with Crippen molar-refractivity contribution in [3.63, 3.8) is 0 Å². The zero-order chi connectivity index (χ0) is 56.4. The normalized spacial score (nSPS) is 12.6. The fourth-order valence-corrected chi connectivity index (χ4v) is 11.3. The third kappa shape index (κ3) is 63.5. The zero-order valence-electron chi connectivity index (χ0n) is 52.9. The maximum absolute atomic E-state index is 12.4. The molecule has 462 valence electrons. The van der Waals surface area contributed by atoms with Gasteiger partial charge in [0.15, 0.2) is 0 Å². The molecule has 6 heteroatoms. The van der Waals surface area contributed by atoms with Gasteiger partial charge in [0.2, 0.25) is 5.91 Å². The van der Waals surface area contributed by atoms with E-state index in [1.165, 1.54) is 315 Å². The number of ether oxygens (including phenoxy) is 1. The van der Waals surface area contributed by atoms with Gasteiger partial charge in [-0.15, -0.1) is 0 Å². The largest absolute Gasteiger partial charge is 0.466 e. The Hall–Kier alpha value is -1.66. The highest BCUT2D eigenvalue weighted by Crippen LogP contribution is 2.19. The Balaban J connectivity index is 3.27. The van der Waals surface area contributed by atoms with E-state index in [0.717, 1.165) is 51.4 Å². The van der Waals surface area contributed by atoms with Crippen LogP contribution in [0.3, 0.4) is 0 Å². The lowest BCUT2D eigenvalue weighted by Crippen LogP contribution is -2.45. The highest BCUT2D eigenvalue weighted by molar-refractivity contribution is 5.76. The minimum atomic E-state index is -0.658. The molecular formula is C72H139NO5. The molecule has 0 heterocycles. The van der Waals surface area contributed by atoms with Crippen molar-refractivity contribution in [1.29, 1.82) is 0 Å². The van der Waals surface area contributed by atoms with Gasteiger partial charge in [-0.25, -0.2) is 0 Å². The molecule has 0 aromatic carbocycles. The van der Waals surface area contributed by atoms with Crippen LogP contribution in [0.1, 0.15) is 399 Å². The van der Waals surface area contributed by atoms with Gasteiger partial charge in [-0.1, -0.05) is 359 Å². The lowest BCUT2D eigenvalue weighted by molar-refractivity contribution is -0.143. The summed E-state index contributed by atoms with van der Waals surface area (Å²) in [5, 5.41) is 23.2. The minimum absolute atomic E-state index is 0.00904. The van der Waals surface area contributed by atoms with Crippen LogP contribution >= 0.6 is 0 Å². The van der Waals surface area contributed by atoms with Crippen molar-refractivity contribution in [3.8, 4) is 0 Å². The summed E-state index contributed by atoms with van der Waals surface area (Å²) in [5.74, 6) is -0.0199. The van der Waals surface area contributed by atoms with Crippen LogP contribution in [0.2, 0.25) is 0 Å². The molecule has 2 unspecified atom stereocenters. The van der Waals surface area contributed by atoms with Gasteiger partial charge in [-0.05, 0) is 51.4 Å². The predicted octanol–water partition coefficient (Wildman–Crippen LogP) is 22.9. The van der Waals surface area contributed by atoms with E-state index < -0.39 is 12.1 Å². The van der Waals surface area contributed by atoms with Gasteiger partial charge in [0.1, 0.15) is 0 Å². The molecule has 0 radical (unpaired) electrons.